The van der Waals surface area contributed by atoms with Crippen LogP contribution in [0, 0.1) is 5.92 Å². The Bertz CT molecular complexity index is 824. The molecule has 2 fully saturated rings. The lowest BCUT2D eigenvalue weighted by molar-refractivity contribution is 0.0677. The number of carbonyl (C=O) groups is 2. The van der Waals surface area contributed by atoms with Crippen LogP contribution in [0.25, 0.3) is 0 Å². The molecule has 3 rings (SSSR count). The van der Waals surface area contributed by atoms with Gasteiger partial charge in [0, 0.05) is 37.4 Å². The van der Waals surface area contributed by atoms with Crippen LogP contribution in [0.2, 0.25) is 0 Å². The van der Waals surface area contributed by atoms with Gasteiger partial charge in [-0.2, -0.15) is 0 Å². The maximum absolute atomic E-state index is 13.0. The zero-order valence-electron chi connectivity index (χ0n) is 15.9. The van der Waals surface area contributed by atoms with Gasteiger partial charge in [-0.05, 0) is 44.2 Å². The van der Waals surface area contributed by atoms with Crippen molar-refractivity contribution in [2.75, 3.05) is 31.1 Å². The summed E-state index contributed by atoms with van der Waals surface area (Å²) in [6.07, 6.45) is 4.04. The molecule has 2 aliphatic rings. The first-order chi connectivity index (χ1) is 12.8. The topological polar surface area (TPSA) is 87.7 Å². The zero-order chi connectivity index (χ0) is 19.6. The van der Waals surface area contributed by atoms with Crippen LogP contribution in [0.3, 0.4) is 0 Å². The van der Waals surface area contributed by atoms with Crippen molar-refractivity contribution in [1.82, 2.24) is 14.8 Å². The molecule has 0 N–H and O–H groups in total. The Hall–Kier alpha value is -1.96. The molecule has 0 bridgehead atoms. The summed E-state index contributed by atoms with van der Waals surface area (Å²) in [5, 5.41) is 0. The van der Waals surface area contributed by atoms with Gasteiger partial charge < -0.3 is 9.80 Å². The maximum Gasteiger partial charge on any atom is 0.272 e. The number of carbonyl (C=O) groups excluding carboxylic acids is 2. The summed E-state index contributed by atoms with van der Waals surface area (Å²) in [6, 6.07) is 2.82. The zero-order valence-corrected chi connectivity index (χ0v) is 16.7. The predicted molar refractivity (Wildman–Crippen MR) is 102 cm³/mol. The van der Waals surface area contributed by atoms with E-state index in [-0.39, 0.29) is 35.1 Å². The van der Waals surface area contributed by atoms with Crippen molar-refractivity contribution in [3.05, 3.63) is 29.6 Å². The first-order valence-electron chi connectivity index (χ1n) is 9.57. The number of hydrogen-bond acceptors (Lipinski definition) is 5. The van der Waals surface area contributed by atoms with Crippen molar-refractivity contribution in [2.24, 2.45) is 5.92 Å². The average molecular weight is 394 g/mol. The van der Waals surface area contributed by atoms with E-state index in [0.717, 1.165) is 12.8 Å². The number of pyridine rings is 1. The van der Waals surface area contributed by atoms with Gasteiger partial charge in [-0.1, -0.05) is 6.92 Å². The second kappa shape index (κ2) is 7.96. The molecule has 0 radical (unpaired) electrons. The van der Waals surface area contributed by atoms with Crippen LogP contribution in [0.4, 0.5) is 0 Å². The van der Waals surface area contributed by atoms with E-state index in [1.54, 1.807) is 15.9 Å². The van der Waals surface area contributed by atoms with Gasteiger partial charge in [-0.15, -0.1) is 0 Å². The van der Waals surface area contributed by atoms with E-state index in [4.69, 9.17) is 0 Å². The average Bonchev–Trinajstić information content (AvgIpc) is 3.01. The molecule has 2 unspecified atom stereocenters. The van der Waals surface area contributed by atoms with Gasteiger partial charge >= 0.3 is 0 Å². The summed E-state index contributed by atoms with van der Waals surface area (Å²) in [7, 11) is -3.07. The molecule has 27 heavy (non-hydrogen) atoms. The van der Waals surface area contributed by atoms with Crippen molar-refractivity contribution >= 4 is 21.7 Å². The minimum atomic E-state index is -3.07. The lowest BCUT2D eigenvalue weighted by Gasteiger charge is -2.31. The molecule has 148 valence electrons. The number of likely N-dealkylation sites (tertiary alicyclic amines) is 1. The van der Waals surface area contributed by atoms with E-state index >= 15 is 0 Å². The van der Waals surface area contributed by atoms with Gasteiger partial charge in [0.2, 0.25) is 0 Å². The summed E-state index contributed by atoms with van der Waals surface area (Å²) >= 11 is 0. The molecular formula is C19H27N3O4S. The lowest BCUT2D eigenvalue weighted by Crippen LogP contribution is -2.41. The van der Waals surface area contributed by atoms with Gasteiger partial charge in [0.15, 0.2) is 9.84 Å². The second-order valence-corrected chi connectivity index (χ2v) is 9.81. The third-order valence-electron chi connectivity index (χ3n) is 5.42. The highest BCUT2D eigenvalue weighted by Crippen LogP contribution is 2.21. The Morgan fingerprint density at radius 3 is 2.74 bits per heavy atom. The van der Waals surface area contributed by atoms with Crippen molar-refractivity contribution in [3.63, 3.8) is 0 Å². The molecule has 0 aliphatic carbocycles. The molecule has 8 heteroatoms. The van der Waals surface area contributed by atoms with Crippen molar-refractivity contribution in [1.29, 1.82) is 0 Å². The van der Waals surface area contributed by atoms with Crippen LogP contribution in [0.15, 0.2) is 18.3 Å². The molecule has 2 atom stereocenters. The molecule has 2 aliphatic heterocycles. The Morgan fingerprint density at radius 2 is 2.11 bits per heavy atom. The molecule has 1 aromatic rings. The normalized spacial score (nSPS) is 24.6. The van der Waals surface area contributed by atoms with E-state index in [1.807, 2.05) is 6.92 Å². The number of aromatic nitrogens is 1. The second-order valence-electron chi connectivity index (χ2n) is 7.58. The van der Waals surface area contributed by atoms with E-state index < -0.39 is 9.84 Å². The van der Waals surface area contributed by atoms with Crippen LogP contribution in [0.5, 0.6) is 0 Å². The van der Waals surface area contributed by atoms with Gasteiger partial charge in [-0.3, -0.25) is 14.6 Å². The van der Waals surface area contributed by atoms with Crippen LogP contribution >= 0.6 is 0 Å². The monoisotopic (exact) mass is 393 g/mol. The van der Waals surface area contributed by atoms with Crippen LogP contribution in [0.1, 0.15) is 54.0 Å². The standard InChI is InChI=1S/C19H27N3O4S/c1-3-22(16-7-10-27(25,26)13-16)18(23)15-6-8-20-17(11-15)19(24)21-9-4-5-14(2)12-21/h6,8,11,14,16H,3-5,7,9-10,12-13H2,1-2H3. The minimum absolute atomic E-state index is 0.00905. The summed E-state index contributed by atoms with van der Waals surface area (Å²) in [6.45, 7) is 5.81. The molecule has 2 amide bonds. The minimum Gasteiger partial charge on any atom is -0.337 e. The SMILES string of the molecule is CCN(C(=O)c1ccnc(C(=O)N2CCCC(C)C2)c1)C1CCS(=O)(=O)C1. The molecule has 0 saturated carbocycles. The van der Waals surface area contributed by atoms with Crippen molar-refractivity contribution in [3.8, 4) is 0 Å². The molecule has 1 aromatic heterocycles. The molecule has 0 spiro atoms. The predicted octanol–water partition coefficient (Wildman–Crippen LogP) is 1.60. The number of amides is 2. The Kier molecular flexibility index (Phi) is 5.83. The van der Waals surface area contributed by atoms with Crippen molar-refractivity contribution < 1.29 is 18.0 Å². The van der Waals surface area contributed by atoms with Gasteiger partial charge in [0.05, 0.1) is 11.5 Å². The summed E-state index contributed by atoms with van der Waals surface area (Å²) < 4.78 is 23.5. The first-order valence-corrected chi connectivity index (χ1v) is 11.4. The fraction of sp³-hybridized carbons (Fsp3) is 0.632. The Balaban J connectivity index is 1.77. The smallest absolute Gasteiger partial charge is 0.272 e. The molecule has 2 saturated heterocycles. The number of rotatable bonds is 4. The van der Waals surface area contributed by atoms with E-state index in [2.05, 4.69) is 11.9 Å². The number of hydrogen-bond donors (Lipinski definition) is 0. The molecule has 7 nitrogen and oxygen atoms in total. The number of sulfone groups is 1. The number of nitrogens with zero attached hydrogens (tertiary/aromatic N) is 3. The maximum atomic E-state index is 13.0. The summed E-state index contributed by atoms with van der Waals surface area (Å²) in [5.41, 5.74) is 0.648. The van der Waals surface area contributed by atoms with Gasteiger partial charge in [0.25, 0.3) is 11.8 Å². The first kappa shape index (κ1) is 19.8. The summed E-state index contributed by atoms with van der Waals surface area (Å²) in [5.74, 6) is 0.197. The summed E-state index contributed by atoms with van der Waals surface area (Å²) in [4.78, 5) is 33.3. The highest BCUT2D eigenvalue weighted by molar-refractivity contribution is 7.91. The fourth-order valence-corrected chi connectivity index (χ4v) is 5.70. The van der Waals surface area contributed by atoms with Crippen LogP contribution < -0.4 is 0 Å². The highest BCUT2D eigenvalue weighted by atomic mass is 32.2. The van der Waals surface area contributed by atoms with Gasteiger partial charge in [0.1, 0.15) is 5.69 Å². The van der Waals surface area contributed by atoms with E-state index in [9.17, 15) is 18.0 Å². The molecule has 3 heterocycles. The Labute approximate surface area is 160 Å². The van der Waals surface area contributed by atoms with E-state index in [0.29, 0.717) is 37.5 Å². The van der Waals surface area contributed by atoms with Crippen LogP contribution in [-0.4, -0.2) is 72.2 Å². The molecule has 0 aromatic carbocycles. The van der Waals surface area contributed by atoms with Crippen molar-refractivity contribution in [2.45, 2.75) is 39.2 Å². The van der Waals surface area contributed by atoms with Crippen LogP contribution in [-0.2, 0) is 9.84 Å². The van der Waals surface area contributed by atoms with Gasteiger partial charge in [-0.25, -0.2) is 8.42 Å². The number of piperidine rings is 1. The third kappa shape index (κ3) is 4.48. The lowest BCUT2D eigenvalue weighted by atomic mass is 10.00. The quantitative estimate of drug-likeness (QED) is 0.775. The third-order valence-corrected chi connectivity index (χ3v) is 7.17. The fourth-order valence-electron chi connectivity index (χ4n) is 3.97. The Morgan fingerprint density at radius 1 is 1.33 bits per heavy atom. The largest absolute Gasteiger partial charge is 0.337 e. The van der Waals surface area contributed by atoms with E-state index in [1.165, 1.54) is 12.3 Å². The molecular weight excluding hydrogens is 366 g/mol. The highest BCUT2D eigenvalue weighted by Gasteiger charge is 2.34.